The number of rotatable bonds is 6. The van der Waals surface area contributed by atoms with E-state index in [-0.39, 0.29) is 16.8 Å². The van der Waals surface area contributed by atoms with Crippen molar-refractivity contribution in [3.63, 3.8) is 0 Å². The van der Waals surface area contributed by atoms with Crippen molar-refractivity contribution in [1.29, 1.82) is 0 Å². The summed E-state index contributed by atoms with van der Waals surface area (Å²) in [6, 6.07) is 6.08. The Kier molecular flexibility index (Phi) is 4.56. The number of carbonyl (C=O) groups excluding carboxylic acids is 1. The lowest BCUT2D eigenvalue weighted by molar-refractivity contribution is -0.384. The van der Waals surface area contributed by atoms with Crippen molar-refractivity contribution in [3.05, 3.63) is 47.0 Å². The Bertz CT molecular complexity index is 792. The van der Waals surface area contributed by atoms with Crippen molar-refractivity contribution in [2.75, 3.05) is 11.4 Å². The molecule has 0 saturated carbocycles. The van der Waals surface area contributed by atoms with Crippen molar-refractivity contribution < 1.29 is 9.72 Å². The largest absolute Gasteiger partial charge is 0.311 e. The summed E-state index contributed by atoms with van der Waals surface area (Å²) >= 11 is 1.30. The molecule has 1 saturated heterocycles. The highest BCUT2D eigenvalue weighted by molar-refractivity contribution is 8.00. The summed E-state index contributed by atoms with van der Waals surface area (Å²) in [4.78, 5) is 24.6. The van der Waals surface area contributed by atoms with Gasteiger partial charge in [0.05, 0.1) is 22.4 Å². The zero-order chi connectivity index (χ0) is 17.1. The van der Waals surface area contributed by atoms with Crippen molar-refractivity contribution in [2.45, 2.75) is 23.4 Å². The summed E-state index contributed by atoms with van der Waals surface area (Å²) in [7, 11) is 0. The van der Waals surface area contributed by atoms with Gasteiger partial charge in [-0.3, -0.25) is 14.9 Å². The van der Waals surface area contributed by atoms with Gasteiger partial charge in [0, 0.05) is 18.7 Å². The third kappa shape index (κ3) is 3.13. The fourth-order valence-corrected chi connectivity index (χ4v) is 3.46. The number of hydrogen-bond donors (Lipinski definition) is 0. The molecule has 9 nitrogen and oxygen atoms in total. The van der Waals surface area contributed by atoms with E-state index in [0.29, 0.717) is 30.4 Å². The number of allylic oxidation sites excluding steroid dienone is 1. The van der Waals surface area contributed by atoms with E-state index < -0.39 is 4.92 Å². The molecular formula is C14H14N6O3S. The van der Waals surface area contributed by atoms with Gasteiger partial charge in [-0.1, -0.05) is 23.9 Å². The van der Waals surface area contributed by atoms with Gasteiger partial charge in [0.1, 0.15) is 0 Å². The number of aromatic nitrogens is 4. The SMILES string of the molecule is C=CCn1nnnc1SC1CCN(c2cccc([N+](=O)[O-])c2)C1=O. The third-order valence-electron chi connectivity index (χ3n) is 3.56. The maximum Gasteiger partial charge on any atom is 0.271 e. The minimum atomic E-state index is -0.473. The Labute approximate surface area is 141 Å². The van der Waals surface area contributed by atoms with Crippen molar-refractivity contribution in [2.24, 2.45) is 0 Å². The minimum Gasteiger partial charge on any atom is -0.311 e. The number of non-ortho nitro benzene ring substituents is 1. The molecule has 10 heteroatoms. The number of amides is 1. The number of nitro benzene ring substituents is 1. The monoisotopic (exact) mass is 346 g/mol. The van der Waals surface area contributed by atoms with Gasteiger partial charge in [0.25, 0.3) is 5.69 Å². The van der Waals surface area contributed by atoms with Crippen molar-refractivity contribution >= 4 is 29.0 Å². The summed E-state index contributed by atoms with van der Waals surface area (Å²) in [6.45, 7) is 4.61. The van der Waals surface area contributed by atoms with Crippen molar-refractivity contribution in [1.82, 2.24) is 20.2 Å². The second-order valence-corrected chi connectivity index (χ2v) is 6.26. The van der Waals surface area contributed by atoms with Gasteiger partial charge in [-0.15, -0.1) is 11.7 Å². The molecule has 1 aliphatic rings. The zero-order valence-electron chi connectivity index (χ0n) is 12.6. The highest BCUT2D eigenvalue weighted by Crippen LogP contribution is 2.33. The van der Waals surface area contributed by atoms with Crippen LogP contribution in [0.15, 0.2) is 42.1 Å². The number of benzene rings is 1. The van der Waals surface area contributed by atoms with E-state index in [4.69, 9.17) is 0 Å². The predicted octanol–water partition coefficient (Wildman–Crippen LogP) is 1.66. The van der Waals surface area contributed by atoms with Crippen LogP contribution >= 0.6 is 11.8 Å². The van der Waals surface area contributed by atoms with Gasteiger partial charge < -0.3 is 4.90 Å². The molecule has 0 aliphatic carbocycles. The van der Waals surface area contributed by atoms with E-state index in [1.807, 2.05) is 0 Å². The molecule has 24 heavy (non-hydrogen) atoms. The lowest BCUT2D eigenvalue weighted by Crippen LogP contribution is -2.28. The van der Waals surface area contributed by atoms with Crippen LogP contribution in [-0.4, -0.2) is 42.8 Å². The van der Waals surface area contributed by atoms with E-state index in [1.165, 1.54) is 23.9 Å². The Morgan fingerprint density at radius 2 is 2.33 bits per heavy atom. The van der Waals surface area contributed by atoms with E-state index in [2.05, 4.69) is 22.1 Å². The Balaban J connectivity index is 1.75. The molecule has 1 atom stereocenters. The van der Waals surface area contributed by atoms with E-state index in [1.54, 1.807) is 27.8 Å². The topological polar surface area (TPSA) is 107 Å². The molecule has 2 aromatic rings. The molecule has 1 unspecified atom stereocenters. The molecule has 2 heterocycles. The maximum absolute atomic E-state index is 12.6. The summed E-state index contributed by atoms with van der Waals surface area (Å²) < 4.78 is 1.57. The van der Waals surface area contributed by atoms with Gasteiger partial charge in [0.2, 0.25) is 11.1 Å². The molecule has 0 bridgehead atoms. The number of hydrogen-bond acceptors (Lipinski definition) is 7. The highest BCUT2D eigenvalue weighted by atomic mass is 32.2. The third-order valence-corrected chi connectivity index (χ3v) is 4.78. The number of nitro groups is 1. The van der Waals surface area contributed by atoms with Gasteiger partial charge in [-0.05, 0) is 22.9 Å². The number of thioether (sulfide) groups is 1. The van der Waals surface area contributed by atoms with Crippen LogP contribution in [0.3, 0.4) is 0 Å². The van der Waals surface area contributed by atoms with Gasteiger partial charge >= 0.3 is 0 Å². The first kappa shape index (κ1) is 16.1. The number of nitrogens with zero attached hydrogens (tertiary/aromatic N) is 6. The molecule has 0 N–H and O–H groups in total. The Morgan fingerprint density at radius 1 is 1.50 bits per heavy atom. The Hall–Kier alpha value is -2.75. The Morgan fingerprint density at radius 3 is 3.08 bits per heavy atom. The van der Waals surface area contributed by atoms with Gasteiger partial charge in [-0.2, -0.15) is 0 Å². The number of tetrazole rings is 1. The fourth-order valence-electron chi connectivity index (χ4n) is 2.44. The molecule has 1 aliphatic heterocycles. The average Bonchev–Trinajstić information content (AvgIpc) is 3.16. The summed E-state index contributed by atoms with van der Waals surface area (Å²) in [5.74, 6) is -0.103. The highest BCUT2D eigenvalue weighted by Gasteiger charge is 2.35. The van der Waals surface area contributed by atoms with E-state index >= 15 is 0 Å². The summed E-state index contributed by atoms with van der Waals surface area (Å²) in [6.07, 6.45) is 2.29. The zero-order valence-corrected chi connectivity index (χ0v) is 13.4. The van der Waals surface area contributed by atoms with Crippen LogP contribution in [0.4, 0.5) is 11.4 Å². The minimum absolute atomic E-state index is 0.0358. The molecule has 1 aromatic carbocycles. The van der Waals surface area contributed by atoms with Crippen LogP contribution < -0.4 is 4.90 Å². The molecular weight excluding hydrogens is 332 g/mol. The fraction of sp³-hybridized carbons (Fsp3) is 0.286. The molecule has 1 amide bonds. The van der Waals surface area contributed by atoms with Crippen LogP contribution in [0.25, 0.3) is 0 Å². The molecule has 0 radical (unpaired) electrons. The lowest BCUT2D eigenvalue weighted by atomic mass is 10.2. The summed E-state index contributed by atoms with van der Waals surface area (Å²) in [5.41, 5.74) is 0.495. The van der Waals surface area contributed by atoms with Crippen molar-refractivity contribution in [3.8, 4) is 0 Å². The lowest BCUT2D eigenvalue weighted by Gasteiger charge is -2.16. The second-order valence-electron chi connectivity index (χ2n) is 5.09. The van der Waals surface area contributed by atoms with Gasteiger partial charge in [-0.25, -0.2) is 4.68 Å². The summed E-state index contributed by atoms with van der Waals surface area (Å²) in [5, 5.41) is 22.5. The average molecular weight is 346 g/mol. The molecule has 1 aromatic heterocycles. The van der Waals surface area contributed by atoms with Crippen LogP contribution in [0.2, 0.25) is 0 Å². The maximum atomic E-state index is 12.6. The number of anilines is 1. The van der Waals surface area contributed by atoms with Gasteiger partial charge in [0.15, 0.2) is 0 Å². The molecule has 3 rings (SSSR count). The number of carbonyl (C=O) groups is 1. The molecule has 124 valence electrons. The van der Waals surface area contributed by atoms with E-state index in [0.717, 1.165) is 0 Å². The standard InChI is InChI=1S/C14H14N6O3S/c1-2-7-19-14(15-16-17-19)24-12-6-8-18(13(12)21)10-4-3-5-11(9-10)20(22)23/h2-5,9,12H,1,6-8H2. The van der Waals surface area contributed by atoms with Crippen LogP contribution in [0.5, 0.6) is 0 Å². The first-order valence-electron chi connectivity index (χ1n) is 7.19. The predicted molar refractivity (Wildman–Crippen MR) is 87.7 cm³/mol. The quantitative estimate of drug-likeness (QED) is 0.445. The molecule has 1 fully saturated rings. The van der Waals surface area contributed by atoms with Crippen LogP contribution in [-0.2, 0) is 11.3 Å². The molecule has 0 spiro atoms. The smallest absolute Gasteiger partial charge is 0.271 e. The first-order valence-corrected chi connectivity index (χ1v) is 8.07. The van der Waals surface area contributed by atoms with E-state index in [9.17, 15) is 14.9 Å². The first-order chi connectivity index (χ1) is 11.6. The second kappa shape index (κ2) is 6.79. The van der Waals surface area contributed by atoms with Crippen LogP contribution in [0.1, 0.15) is 6.42 Å². The normalized spacial score (nSPS) is 17.2. The van der Waals surface area contributed by atoms with Crippen LogP contribution in [0, 0.1) is 10.1 Å².